The predicted molar refractivity (Wildman–Crippen MR) is 124 cm³/mol. The molecule has 1 amide bonds. The van der Waals surface area contributed by atoms with Gasteiger partial charge in [0, 0.05) is 5.56 Å². The molecule has 1 aliphatic heterocycles. The molecule has 0 saturated heterocycles. The predicted octanol–water partition coefficient (Wildman–Crippen LogP) is 4.41. The molecule has 0 atom stereocenters. The number of ether oxygens (including phenoxy) is 3. The molecule has 4 rings (SSSR count). The van der Waals surface area contributed by atoms with Gasteiger partial charge >= 0.3 is 5.97 Å². The zero-order valence-corrected chi connectivity index (χ0v) is 18.5. The summed E-state index contributed by atoms with van der Waals surface area (Å²) in [4.78, 5) is 24.9. The second-order valence-corrected chi connectivity index (χ2v) is 7.57. The van der Waals surface area contributed by atoms with Gasteiger partial charge in [-0.05, 0) is 73.0 Å². The van der Waals surface area contributed by atoms with Gasteiger partial charge in [0.2, 0.25) is 0 Å². The van der Waals surface area contributed by atoms with Gasteiger partial charge in [-0.1, -0.05) is 23.8 Å². The molecule has 3 aromatic carbocycles. The minimum absolute atomic E-state index is 0.310. The van der Waals surface area contributed by atoms with Gasteiger partial charge < -0.3 is 14.2 Å². The maximum Gasteiger partial charge on any atom is 0.343 e. The SMILES string of the molecule is CCOc1cc(C=NNC(=O)c2ccc3c(c2)COC3)ccc1OC(=O)c1cccc(C)c1. The van der Waals surface area contributed by atoms with E-state index in [0.29, 0.717) is 48.0 Å². The third kappa shape index (κ3) is 5.45. The number of carbonyl (C=O) groups is 2. The van der Waals surface area contributed by atoms with E-state index in [0.717, 1.165) is 16.7 Å². The number of hydrogen-bond donors (Lipinski definition) is 1. The normalized spacial score (nSPS) is 12.4. The van der Waals surface area contributed by atoms with Crippen LogP contribution in [0.3, 0.4) is 0 Å². The molecule has 0 bridgehead atoms. The molecule has 33 heavy (non-hydrogen) atoms. The summed E-state index contributed by atoms with van der Waals surface area (Å²) in [6.45, 7) is 5.24. The summed E-state index contributed by atoms with van der Waals surface area (Å²) in [6, 6.07) is 17.7. The molecule has 1 heterocycles. The number of aryl methyl sites for hydroxylation is 1. The molecule has 7 nitrogen and oxygen atoms in total. The van der Waals surface area contributed by atoms with Gasteiger partial charge in [0.15, 0.2) is 11.5 Å². The van der Waals surface area contributed by atoms with Crippen LogP contribution in [0.5, 0.6) is 11.5 Å². The van der Waals surface area contributed by atoms with E-state index in [2.05, 4.69) is 10.5 Å². The first kappa shape index (κ1) is 22.2. The zero-order valence-electron chi connectivity index (χ0n) is 18.5. The molecule has 168 valence electrons. The van der Waals surface area contributed by atoms with E-state index in [1.165, 1.54) is 6.21 Å². The number of fused-ring (bicyclic) bond motifs is 1. The summed E-state index contributed by atoms with van der Waals surface area (Å²) in [6.07, 6.45) is 1.50. The monoisotopic (exact) mass is 444 g/mol. The summed E-state index contributed by atoms with van der Waals surface area (Å²) in [5.74, 6) is -0.0555. The second kappa shape index (κ2) is 10.1. The van der Waals surface area contributed by atoms with Crippen LogP contribution in [0.4, 0.5) is 0 Å². The number of rotatable bonds is 7. The summed E-state index contributed by atoms with van der Waals surface area (Å²) in [5.41, 5.74) is 7.27. The van der Waals surface area contributed by atoms with E-state index in [1.807, 2.05) is 32.0 Å². The van der Waals surface area contributed by atoms with Crippen molar-refractivity contribution < 1.29 is 23.8 Å². The lowest BCUT2D eigenvalue weighted by Gasteiger charge is -2.11. The molecule has 0 spiro atoms. The van der Waals surface area contributed by atoms with Crippen molar-refractivity contribution in [3.05, 3.63) is 94.0 Å². The van der Waals surface area contributed by atoms with Gasteiger partial charge in [-0.15, -0.1) is 0 Å². The van der Waals surface area contributed by atoms with Crippen LogP contribution in [0.25, 0.3) is 0 Å². The molecule has 1 aliphatic rings. The fourth-order valence-electron chi connectivity index (χ4n) is 3.43. The van der Waals surface area contributed by atoms with Crippen molar-refractivity contribution in [1.82, 2.24) is 5.43 Å². The van der Waals surface area contributed by atoms with Gasteiger partial charge in [0.05, 0.1) is 31.6 Å². The number of nitrogens with zero attached hydrogens (tertiary/aromatic N) is 1. The number of benzene rings is 3. The molecular formula is C26H24N2O5. The van der Waals surface area contributed by atoms with Crippen LogP contribution in [-0.2, 0) is 18.0 Å². The number of esters is 1. The topological polar surface area (TPSA) is 86.2 Å². The Balaban J connectivity index is 1.43. The van der Waals surface area contributed by atoms with Crippen LogP contribution in [0, 0.1) is 6.92 Å². The number of nitrogens with one attached hydrogen (secondary N) is 1. The minimum atomic E-state index is -0.465. The van der Waals surface area contributed by atoms with Gasteiger partial charge in [-0.25, -0.2) is 10.2 Å². The Bertz CT molecular complexity index is 1220. The quantitative estimate of drug-likeness (QED) is 0.253. The summed E-state index contributed by atoms with van der Waals surface area (Å²) in [7, 11) is 0. The van der Waals surface area contributed by atoms with Crippen molar-refractivity contribution in [2.45, 2.75) is 27.1 Å². The Kier molecular flexibility index (Phi) is 6.80. The maximum atomic E-state index is 12.5. The van der Waals surface area contributed by atoms with Crippen molar-refractivity contribution in [2.24, 2.45) is 5.10 Å². The first-order valence-electron chi connectivity index (χ1n) is 10.6. The van der Waals surface area contributed by atoms with Crippen LogP contribution in [0.2, 0.25) is 0 Å². The Hall–Kier alpha value is -3.97. The Morgan fingerprint density at radius 1 is 1.00 bits per heavy atom. The average Bonchev–Trinajstić information content (AvgIpc) is 3.28. The van der Waals surface area contributed by atoms with E-state index < -0.39 is 5.97 Å². The Morgan fingerprint density at radius 2 is 1.85 bits per heavy atom. The van der Waals surface area contributed by atoms with Crippen molar-refractivity contribution >= 4 is 18.1 Å². The smallest absolute Gasteiger partial charge is 0.343 e. The van der Waals surface area contributed by atoms with Gasteiger partial charge in [0.1, 0.15) is 0 Å². The van der Waals surface area contributed by atoms with Crippen LogP contribution in [0.1, 0.15) is 49.9 Å². The molecule has 1 N–H and O–H groups in total. The lowest BCUT2D eigenvalue weighted by atomic mass is 10.1. The molecule has 3 aromatic rings. The molecule has 0 aliphatic carbocycles. The van der Waals surface area contributed by atoms with E-state index in [9.17, 15) is 9.59 Å². The highest BCUT2D eigenvalue weighted by Crippen LogP contribution is 2.29. The van der Waals surface area contributed by atoms with Crippen LogP contribution in [-0.4, -0.2) is 24.7 Å². The third-order valence-corrected chi connectivity index (χ3v) is 5.09. The first-order chi connectivity index (χ1) is 16.0. The summed E-state index contributed by atoms with van der Waals surface area (Å²) < 4.78 is 16.6. The summed E-state index contributed by atoms with van der Waals surface area (Å²) >= 11 is 0. The van der Waals surface area contributed by atoms with Crippen LogP contribution in [0.15, 0.2) is 65.8 Å². The second-order valence-electron chi connectivity index (χ2n) is 7.57. The minimum Gasteiger partial charge on any atom is -0.490 e. The molecule has 7 heteroatoms. The average molecular weight is 444 g/mol. The van der Waals surface area contributed by atoms with Crippen molar-refractivity contribution in [3.63, 3.8) is 0 Å². The standard InChI is InChI=1S/C26H24N2O5/c1-3-32-24-12-18(7-10-23(24)33-26(30)20-6-4-5-17(2)11-20)14-27-28-25(29)19-8-9-21-15-31-16-22(21)13-19/h4-14H,3,15-16H2,1-2H3,(H,28,29). The maximum absolute atomic E-state index is 12.5. The van der Waals surface area contributed by atoms with E-state index in [4.69, 9.17) is 14.2 Å². The van der Waals surface area contributed by atoms with E-state index >= 15 is 0 Å². The number of carbonyl (C=O) groups excluding carboxylic acids is 2. The van der Waals surface area contributed by atoms with Crippen molar-refractivity contribution in [2.75, 3.05) is 6.61 Å². The highest BCUT2D eigenvalue weighted by atomic mass is 16.6. The van der Waals surface area contributed by atoms with Gasteiger partial charge in [-0.2, -0.15) is 5.10 Å². The Labute approximate surface area is 192 Å². The van der Waals surface area contributed by atoms with E-state index in [-0.39, 0.29) is 5.91 Å². The van der Waals surface area contributed by atoms with Crippen LogP contribution >= 0.6 is 0 Å². The molecule has 0 saturated carbocycles. The number of amides is 1. The molecule has 0 radical (unpaired) electrons. The van der Waals surface area contributed by atoms with E-state index in [1.54, 1.807) is 42.5 Å². The lowest BCUT2D eigenvalue weighted by Crippen LogP contribution is -2.17. The van der Waals surface area contributed by atoms with Crippen LogP contribution < -0.4 is 14.9 Å². The number of hydrazone groups is 1. The third-order valence-electron chi connectivity index (χ3n) is 5.09. The summed E-state index contributed by atoms with van der Waals surface area (Å²) in [5, 5.41) is 4.04. The van der Waals surface area contributed by atoms with Crippen molar-refractivity contribution in [3.8, 4) is 11.5 Å². The largest absolute Gasteiger partial charge is 0.490 e. The highest BCUT2D eigenvalue weighted by molar-refractivity contribution is 5.95. The molecular weight excluding hydrogens is 420 g/mol. The van der Waals surface area contributed by atoms with Gasteiger partial charge in [-0.3, -0.25) is 4.79 Å². The van der Waals surface area contributed by atoms with Crippen molar-refractivity contribution in [1.29, 1.82) is 0 Å². The fraction of sp³-hybridized carbons (Fsp3) is 0.192. The molecule has 0 aromatic heterocycles. The first-order valence-corrected chi connectivity index (χ1v) is 10.6. The molecule has 0 fully saturated rings. The fourth-order valence-corrected chi connectivity index (χ4v) is 3.43. The zero-order chi connectivity index (χ0) is 23.2. The lowest BCUT2D eigenvalue weighted by molar-refractivity contribution is 0.0728. The number of hydrogen-bond acceptors (Lipinski definition) is 6. The molecule has 0 unspecified atom stereocenters. The Morgan fingerprint density at radius 3 is 2.67 bits per heavy atom. The van der Waals surface area contributed by atoms with Gasteiger partial charge in [0.25, 0.3) is 5.91 Å². The highest BCUT2D eigenvalue weighted by Gasteiger charge is 2.15.